The van der Waals surface area contributed by atoms with E-state index in [1.54, 1.807) is 36.4 Å². The molecule has 0 heterocycles. The number of benzene rings is 2. The first-order chi connectivity index (χ1) is 11.9. The second kappa shape index (κ2) is 9.06. The van der Waals surface area contributed by atoms with Gasteiger partial charge in [-0.2, -0.15) is 5.10 Å². The molecule has 25 heavy (non-hydrogen) atoms. The maximum atomic E-state index is 11.9. The molecule has 0 unspecified atom stereocenters. The number of nitrogens with one attached hydrogen (secondary N) is 2. The molecular weight excluding hydrogens is 408 g/mol. The predicted molar refractivity (Wildman–Crippen MR) is 102 cm³/mol. The third-order valence-corrected chi connectivity index (χ3v) is 4.57. The molecule has 0 aliphatic carbocycles. The number of amides is 2. The first-order valence-electron chi connectivity index (χ1n) is 6.88. The highest BCUT2D eigenvalue weighted by Gasteiger charge is 2.12. The summed E-state index contributed by atoms with van der Waals surface area (Å²) in [5.41, 5.74) is 3.08. The molecule has 2 aromatic rings. The first kappa shape index (κ1) is 19.5. The van der Waals surface area contributed by atoms with Gasteiger partial charge in [0, 0.05) is 5.56 Å². The van der Waals surface area contributed by atoms with Gasteiger partial charge in [0.2, 0.25) is 11.8 Å². The minimum atomic E-state index is -0.606. The molecule has 5 nitrogen and oxygen atoms in total. The zero-order valence-corrected chi connectivity index (χ0v) is 15.5. The van der Waals surface area contributed by atoms with Crippen LogP contribution in [0.2, 0.25) is 20.1 Å². The van der Waals surface area contributed by atoms with Crippen LogP contribution in [-0.2, 0) is 9.59 Å². The van der Waals surface area contributed by atoms with Crippen LogP contribution in [0.3, 0.4) is 0 Å². The van der Waals surface area contributed by atoms with Crippen molar-refractivity contribution in [3.05, 3.63) is 62.1 Å². The largest absolute Gasteiger partial charge is 0.324 e. The quantitative estimate of drug-likeness (QED) is 0.416. The number of halogens is 4. The normalized spacial score (nSPS) is 10.7. The van der Waals surface area contributed by atoms with Crippen LogP contribution in [0.1, 0.15) is 12.0 Å². The molecule has 2 amide bonds. The lowest BCUT2D eigenvalue weighted by Crippen LogP contribution is -2.24. The van der Waals surface area contributed by atoms with E-state index in [0.29, 0.717) is 26.3 Å². The van der Waals surface area contributed by atoms with Crippen LogP contribution in [0, 0.1) is 0 Å². The van der Waals surface area contributed by atoms with Crippen LogP contribution in [0.15, 0.2) is 41.5 Å². The molecule has 0 saturated carbocycles. The lowest BCUT2D eigenvalue weighted by Gasteiger charge is -2.07. The Morgan fingerprint density at radius 2 is 1.56 bits per heavy atom. The Balaban J connectivity index is 1.89. The minimum absolute atomic E-state index is 0.201. The summed E-state index contributed by atoms with van der Waals surface area (Å²) < 4.78 is 0. The summed E-state index contributed by atoms with van der Waals surface area (Å²) in [4.78, 5) is 23.6. The molecule has 9 heteroatoms. The summed E-state index contributed by atoms with van der Waals surface area (Å²) in [5, 5.41) is 7.42. The van der Waals surface area contributed by atoms with Crippen molar-refractivity contribution in [2.45, 2.75) is 6.42 Å². The highest BCUT2D eigenvalue weighted by atomic mass is 35.5. The van der Waals surface area contributed by atoms with Gasteiger partial charge in [0.05, 0.1) is 32.0 Å². The minimum Gasteiger partial charge on any atom is -0.324 e. The smallest absolute Gasteiger partial charge is 0.249 e. The van der Waals surface area contributed by atoms with Gasteiger partial charge >= 0.3 is 0 Å². The Morgan fingerprint density at radius 3 is 2.28 bits per heavy atom. The predicted octanol–water partition coefficient (Wildman–Crippen LogP) is 4.78. The number of carbonyl (C=O) groups is 2. The number of nitrogens with zero attached hydrogens (tertiary/aromatic N) is 1. The monoisotopic (exact) mass is 417 g/mol. The average Bonchev–Trinajstić information content (AvgIpc) is 2.55. The molecule has 0 aliphatic heterocycles. The molecule has 2 N–H and O–H groups in total. The first-order valence-corrected chi connectivity index (χ1v) is 8.39. The van der Waals surface area contributed by atoms with Gasteiger partial charge in [-0.05, 0) is 18.2 Å². The molecule has 0 bridgehead atoms. The Bertz CT molecular complexity index is 840. The zero-order valence-electron chi connectivity index (χ0n) is 12.5. The fraction of sp³-hybridized carbons (Fsp3) is 0.0625. The second-order valence-electron chi connectivity index (χ2n) is 4.76. The van der Waals surface area contributed by atoms with Gasteiger partial charge in [-0.25, -0.2) is 5.43 Å². The molecule has 0 radical (unpaired) electrons. The summed E-state index contributed by atoms with van der Waals surface area (Å²) in [5.74, 6) is -1.16. The van der Waals surface area contributed by atoms with Gasteiger partial charge in [-0.1, -0.05) is 64.6 Å². The van der Waals surface area contributed by atoms with Crippen LogP contribution < -0.4 is 10.7 Å². The fourth-order valence-corrected chi connectivity index (χ4v) is 2.48. The Labute approximate surface area is 163 Å². The van der Waals surface area contributed by atoms with Crippen molar-refractivity contribution in [1.29, 1.82) is 0 Å². The van der Waals surface area contributed by atoms with Crippen LogP contribution in [0.4, 0.5) is 5.69 Å². The molecule has 0 saturated heterocycles. The zero-order chi connectivity index (χ0) is 18.4. The van der Waals surface area contributed by atoms with Crippen molar-refractivity contribution >= 4 is 70.1 Å². The van der Waals surface area contributed by atoms with Crippen LogP contribution in [-0.4, -0.2) is 18.0 Å². The highest BCUT2D eigenvalue weighted by Crippen LogP contribution is 2.29. The molecular formula is C16H11Cl4N3O2. The van der Waals surface area contributed by atoms with E-state index in [1.807, 2.05) is 0 Å². The van der Waals surface area contributed by atoms with Crippen molar-refractivity contribution in [2.75, 3.05) is 5.32 Å². The van der Waals surface area contributed by atoms with Crippen LogP contribution >= 0.6 is 46.4 Å². The fourth-order valence-electron chi connectivity index (χ4n) is 1.77. The number of anilines is 1. The molecule has 130 valence electrons. The van der Waals surface area contributed by atoms with E-state index in [4.69, 9.17) is 46.4 Å². The molecule has 0 aliphatic rings. The Kier molecular flexibility index (Phi) is 7.08. The van der Waals surface area contributed by atoms with E-state index < -0.39 is 18.2 Å². The standard InChI is InChI=1S/C16H11Cl4N3O2/c17-10-4-1-3-9(15(10)19)8-21-23-14(25)7-13(24)22-12-6-2-5-11(18)16(12)20/h1-6,8H,7H2,(H,22,24)(H,23,25). The average molecular weight is 419 g/mol. The summed E-state index contributed by atoms with van der Waals surface area (Å²) in [7, 11) is 0. The van der Waals surface area contributed by atoms with Gasteiger partial charge in [0.25, 0.3) is 0 Å². The van der Waals surface area contributed by atoms with E-state index in [-0.39, 0.29) is 5.02 Å². The lowest BCUT2D eigenvalue weighted by molar-refractivity contribution is -0.126. The van der Waals surface area contributed by atoms with Crippen LogP contribution in [0.25, 0.3) is 0 Å². The number of carbonyl (C=O) groups excluding carboxylic acids is 2. The lowest BCUT2D eigenvalue weighted by atomic mass is 10.2. The summed E-state index contributed by atoms with van der Waals surface area (Å²) in [6.07, 6.45) is 0.890. The molecule has 0 aromatic heterocycles. The Morgan fingerprint density at radius 1 is 0.920 bits per heavy atom. The van der Waals surface area contributed by atoms with Gasteiger partial charge in [-0.3, -0.25) is 9.59 Å². The summed E-state index contributed by atoms with van der Waals surface area (Å²) in [6, 6.07) is 9.79. The molecule has 2 rings (SSSR count). The van der Waals surface area contributed by atoms with Crippen molar-refractivity contribution in [2.24, 2.45) is 5.10 Å². The number of hydrazone groups is 1. The summed E-state index contributed by atoms with van der Waals surface area (Å²) in [6.45, 7) is 0. The second-order valence-corrected chi connectivity index (χ2v) is 6.33. The molecule has 0 atom stereocenters. The van der Waals surface area contributed by atoms with Gasteiger partial charge in [-0.15, -0.1) is 0 Å². The highest BCUT2D eigenvalue weighted by molar-refractivity contribution is 6.44. The van der Waals surface area contributed by atoms with Crippen molar-refractivity contribution in [3.8, 4) is 0 Å². The van der Waals surface area contributed by atoms with E-state index in [1.165, 1.54) is 6.21 Å². The van der Waals surface area contributed by atoms with E-state index >= 15 is 0 Å². The summed E-state index contributed by atoms with van der Waals surface area (Å²) >= 11 is 23.7. The molecule has 2 aromatic carbocycles. The van der Waals surface area contributed by atoms with Crippen molar-refractivity contribution in [1.82, 2.24) is 5.43 Å². The van der Waals surface area contributed by atoms with Crippen molar-refractivity contribution < 1.29 is 9.59 Å². The van der Waals surface area contributed by atoms with Gasteiger partial charge in [0.15, 0.2) is 0 Å². The topological polar surface area (TPSA) is 70.6 Å². The number of hydrogen-bond acceptors (Lipinski definition) is 3. The van der Waals surface area contributed by atoms with Crippen LogP contribution in [0.5, 0.6) is 0 Å². The van der Waals surface area contributed by atoms with Gasteiger partial charge < -0.3 is 5.32 Å². The molecule has 0 spiro atoms. The number of hydrogen-bond donors (Lipinski definition) is 2. The number of rotatable bonds is 5. The maximum absolute atomic E-state index is 11.9. The van der Waals surface area contributed by atoms with Gasteiger partial charge in [0.1, 0.15) is 6.42 Å². The maximum Gasteiger partial charge on any atom is 0.249 e. The Hall–Kier alpha value is -1.79. The molecule has 0 fully saturated rings. The van der Waals surface area contributed by atoms with E-state index in [9.17, 15) is 9.59 Å². The van der Waals surface area contributed by atoms with Crippen molar-refractivity contribution in [3.63, 3.8) is 0 Å². The third kappa shape index (κ3) is 5.61. The third-order valence-electron chi connectivity index (χ3n) is 2.92. The van der Waals surface area contributed by atoms with E-state index in [0.717, 1.165) is 0 Å². The SMILES string of the molecule is O=C(CC(=O)Nc1cccc(Cl)c1Cl)NN=Cc1cccc(Cl)c1Cl. The van der Waals surface area contributed by atoms with E-state index in [2.05, 4.69) is 15.8 Å².